The maximum Gasteiger partial charge on any atom is 0.243 e. The Morgan fingerprint density at radius 2 is 1.50 bits per heavy atom. The highest BCUT2D eigenvalue weighted by molar-refractivity contribution is 7.89. The molecule has 0 saturated carbocycles. The van der Waals surface area contributed by atoms with Crippen molar-refractivity contribution in [2.24, 2.45) is 0 Å². The zero-order valence-corrected chi connectivity index (χ0v) is 18.0. The number of fused-ring (bicyclic) bond motifs is 1. The van der Waals surface area contributed by atoms with E-state index in [0.717, 1.165) is 44.2 Å². The summed E-state index contributed by atoms with van der Waals surface area (Å²) in [5.41, 5.74) is 4.23. The molecule has 1 heterocycles. The second-order valence-corrected chi connectivity index (χ2v) is 10.0. The molecule has 0 unspecified atom stereocenters. The fourth-order valence-corrected chi connectivity index (χ4v) is 5.73. The number of hydrogen-bond donors (Lipinski definition) is 2. The minimum absolute atomic E-state index is 0.120. The van der Waals surface area contributed by atoms with E-state index >= 15 is 0 Å². The van der Waals surface area contributed by atoms with E-state index in [9.17, 15) is 13.2 Å². The van der Waals surface area contributed by atoms with Gasteiger partial charge < -0.3 is 10.6 Å². The summed E-state index contributed by atoms with van der Waals surface area (Å²) < 4.78 is 27.3. The highest BCUT2D eigenvalue weighted by Crippen LogP contribution is 2.25. The van der Waals surface area contributed by atoms with E-state index in [1.807, 2.05) is 6.07 Å². The molecule has 0 bridgehead atoms. The number of anilines is 2. The number of sulfonamides is 1. The van der Waals surface area contributed by atoms with Gasteiger partial charge in [0.15, 0.2) is 0 Å². The fraction of sp³-hybridized carbons (Fsp3) is 0.435. The summed E-state index contributed by atoms with van der Waals surface area (Å²) in [7, 11) is -3.45. The Labute approximate surface area is 178 Å². The lowest BCUT2D eigenvalue weighted by atomic mass is 10.1. The van der Waals surface area contributed by atoms with Crippen LogP contribution in [0.1, 0.15) is 43.2 Å². The van der Waals surface area contributed by atoms with Gasteiger partial charge in [-0.1, -0.05) is 18.9 Å². The molecule has 2 aliphatic rings. The molecule has 4 rings (SSSR count). The van der Waals surface area contributed by atoms with E-state index in [2.05, 4.69) is 22.8 Å². The van der Waals surface area contributed by atoms with Gasteiger partial charge in [-0.2, -0.15) is 4.31 Å². The maximum absolute atomic E-state index is 12.8. The molecule has 1 amide bonds. The topological polar surface area (TPSA) is 78.5 Å². The molecule has 1 saturated heterocycles. The Balaban J connectivity index is 1.32. The third kappa shape index (κ3) is 4.84. The lowest BCUT2D eigenvalue weighted by Gasteiger charge is -2.20. The number of carbonyl (C=O) groups is 1. The molecular formula is C23H29N3O3S. The van der Waals surface area contributed by atoms with E-state index < -0.39 is 10.0 Å². The number of aryl methyl sites for hydroxylation is 2. The van der Waals surface area contributed by atoms with Crippen LogP contribution in [0.15, 0.2) is 47.4 Å². The largest absolute Gasteiger partial charge is 0.376 e. The summed E-state index contributed by atoms with van der Waals surface area (Å²) >= 11 is 0. The molecule has 0 aromatic heterocycles. The van der Waals surface area contributed by atoms with Crippen molar-refractivity contribution in [2.75, 3.05) is 30.3 Å². The molecule has 7 heteroatoms. The molecule has 2 aromatic carbocycles. The van der Waals surface area contributed by atoms with Gasteiger partial charge >= 0.3 is 0 Å². The molecule has 2 N–H and O–H groups in total. The Bertz CT molecular complexity index is 995. The monoisotopic (exact) mass is 427 g/mol. The minimum atomic E-state index is -3.45. The number of rotatable bonds is 6. The van der Waals surface area contributed by atoms with Crippen molar-refractivity contribution in [3.8, 4) is 0 Å². The number of nitrogens with one attached hydrogen (secondary N) is 2. The van der Waals surface area contributed by atoms with Gasteiger partial charge in [0.2, 0.25) is 15.9 Å². The molecule has 1 aliphatic carbocycles. The molecule has 1 aliphatic heterocycles. The lowest BCUT2D eigenvalue weighted by Crippen LogP contribution is -2.31. The summed E-state index contributed by atoms with van der Waals surface area (Å²) in [5, 5.41) is 5.99. The summed E-state index contributed by atoms with van der Waals surface area (Å²) in [6, 6.07) is 12.8. The van der Waals surface area contributed by atoms with E-state index in [-0.39, 0.29) is 12.5 Å². The van der Waals surface area contributed by atoms with Crippen LogP contribution in [0, 0.1) is 0 Å². The minimum Gasteiger partial charge on any atom is -0.376 e. The lowest BCUT2D eigenvalue weighted by molar-refractivity contribution is -0.114. The summed E-state index contributed by atoms with van der Waals surface area (Å²) in [4.78, 5) is 12.6. The first kappa shape index (κ1) is 20.9. The van der Waals surface area contributed by atoms with Gasteiger partial charge in [-0.05, 0) is 79.6 Å². The highest BCUT2D eigenvalue weighted by atomic mass is 32.2. The highest BCUT2D eigenvalue weighted by Gasteiger charge is 2.24. The number of amides is 1. The van der Waals surface area contributed by atoms with Crippen LogP contribution in [-0.4, -0.2) is 38.3 Å². The average molecular weight is 428 g/mol. The van der Waals surface area contributed by atoms with Crippen molar-refractivity contribution in [1.82, 2.24) is 4.31 Å². The number of benzene rings is 2. The third-order valence-electron chi connectivity index (χ3n) is 5.89. The van der Waals surface area contributed by atoms with Gasteiger partial charge in [0.05, 0.1) is 11.4 Å². The first-order chi connectivity index (χ1) is 14.5. The maximum atomic E-state index is 12.8. The molecule has 30 heavy (non-hydrogen) atoms. The van der Waals surface area contributed by atoms with Crippen LogP contribution in [0.2, 0.25) is 0 Å². The Kier molecular flexibility index (Phi) is 6.39. The van der Waals surface area contributed by atoms with Crippen LogP contribution < -0.4 is 10.6 Å². The van der Waals surface area contributed by atoms with E-state index in [4.69, 9.17) is 0 Å². The van der Waals surface area contributed by atoms with Gasteiger partial charge in [-0.15, -0.1) is 0 Å². The smallest absolute Gasteiger partial charge is 0.243 e. The first-order valence-electron chi connectivity index (χ1n) is 10.8. The first-order valence-corrected chi connectivity index (χ1v) is 12.2. The van der Waals surface area contributed by atoms with Crippen LogP contribution >= 0.6 is 0 Å². The van der Waals surface area contributed by atoms with Crippen molar-refractivity contribution < 1.29 is 13.2 Å². The summed E-state index contributed by atoms with van der Waals surface area (Å²) in [5.74, 6) is -0.130. The van der Waals surface area contributed by atoms with Crippen LogP contribution in [0.4, 0.5) is 11.4 Å². The fourth-order valence-electron chi connectivity index (χ4n) is 4.21. The molecular weight excluding hydrogens is 398 g/mol. The molecule has 0 atom stereocenters. The Hall–Kier alpha value is -2.38. The van der Waals surface area contributed by atoms with Gasteiger partial charge in [-0.3, -0.25) is 4.79 Å². The molecule has 0 radical (unpaired) electrons. The number of carbonyl (C=O) groups excluding carboxylic acids is 1. The van der Waals surface area contributed by atoms with E-state index in [1.54, 1.807) is 28.6 Å². The Morgan fingerprint density at radius 3 is 2.23 bits per heavy atom. The number of hydrogen-bond acceptors (Lipinski definition) is 4. The van der Waals surface area contributed by atoms with Crippen molar-refractivity contribution >= 4 is 27.3 Å². The molecule has 6 nitrogen and oxygen atoms in total. The number of nitrogens with zero attached hydrogens (tertiary/aromatic N) is 1. The van der Waals surface area contributed by atoms with Gasteiger partial charge in [0, 0.05) is 24.5 Å². The second-order valence-electron chi connectivity index (χ2n) is 8.08. The van der Waals surface area contributed by atoms with Crippen molar-refractivity contribution in [2.45, 2.75) is 49.8 Å². The average Bonchev–Trinajstić information content (AvgIpc) is 3.03. The summed E-state index contributed by atoms with van der Waals surface area (Å²) in [6.45, 7) is 1.30. The van der Waals surface area contributed by atoms with Gasteiger partial charge in [-0.25, -0.2) is 8.42 Å². The molecule has 1 fully saturated rings. The van der Waals surface area contributed by atoms with Crippen molar-refractivity contribution in [1.29, 1.82) is 0 Å². The predicted octanol–water partition coefficient (Wildman–Crippen LogP) is 3.79. The van der Waals surface area contributed by atoms with E-state index in [0.29, 0.717) is 23.7 Å². The Morgan fingerprint density at radius 1 is 0.833 bits per heavy atom. The van der Waals surface area contributed by atoms with Gasteiger partial charge in [0.25, 0.3) is 0 Å². The van der Waals surface area contributed by atoms with Crippen LogP contribution in [-0.2, 0) is 27.7 Å². The van der Waals surface area contributed by atoms with Crippen LogP contribution in [0.25, 0.3) is 0 Å². The molecule has 160 valence electrons. The quantitative estimate of drug-likeness (QED) is 0.735. The SMILES string of the molecule is O=C(CNc1ccc(S(=O)(=O)N2CCCCCC2)cc1)Nc1ccc2c(c1)CCC2. The van der Waals surface area contributed by atoms with Crippen molar-refractivity contribution in [3.63, 3.8) is 0 Å². The molecule has 0 spiro atoms. The predicted molar refractivity (Wildman–Crippen MR) is 119 cm³/mol. The van der Waals surface area contributed by atoms with Crippen LogP contribution in [0.3, 0.4) is 0 Å². The van der Waals surface area contributed by atoms with Crippen LogP contribution in [0.5, 0.6) is 0 Å². The second kappa shape index (κ2) is 9.18. The van der Waals surface area contributed by atoms with Crippen molar-refractivity contribution in [3.05, 3.63) is 53.6 Å². The van der Waals surface area contributed by atoms with Gasteiger partial charge in [0.1, 0.15) is 0 Å². The molecule has 2 aromatic rings. The zero-order valence-electron chi connectivity index (χ0n) is 17.2. The normalized spacial score (nSPS) is 17.2. The third-order valence-corrected chi connectivity index (χ3v) is 7.81. The van der Waals surface area contributed by atoms with E-state index in [1.165, 1.54) is 17.5 Å². The summed E-state index contributed by atoms with van der Waals surface area (Å²) in [6.07, 6.45) is 7.37. The zero-order chi connectivity index (χ0) is 21.0. The standard InChI is InChI=1S/C23H29N3O3S/c27-23(25-21-9-8-18-6-5-7-19(18)16-21)17-24-20-10-12-22(13-11-20)30(28,29)26-14-3-1-2-4-15-26/h8-13,16,24H,1-7,14-15,17H2,(H,25,27).